The van der Waals surface area contributed by atoms with Crippen molar-refractivity contribution in [2.24, 2.45) is 0 Å². The van der Waals surface area contributed by atoms with E-state index < -0.39 is 39.9 Å². The maximum Gasteiger partial charge on any atom is 0.418 e. The molecule has 14 heteroatoms. The molecule has 0 unspecified atom stereocenters. The van der Waals surface area contributed by atoms with Gasteiger partial charge in [0.25, 0.3) is 0 Å². The van der Waals surface area contributed by atoms with E-state index in [0.717, 1.165) is 6.07 Å². The summed E-state index contributed by atoms with van der Waals surface area (Å²) < 4.78 is 69.9. The Balaban J connectivity index is 1.85. The Hall–Kier alpha value is -4.13. The van der Waals surface area contributed by atoms with Crippen LogP contribution < -0.4 is 25.8 Å². The number of rotatable bonds is 4. The lowest BCUT2D eigenvalue weighted by Crippen LogP contribution is -2.31. The van der Waals surface area contributed by atoms with Gasteiger partial charge in [0.05, 0.1) is 46.9 Å². The van der Waals surface area contributed by atoms with Gasteiger partial charge in [0.1, 0.15) is 29.6 Å². The molecule has 1 atom stereocenters. The van der Waals surface area contributed by atoms with E-state index in [4.69, 9.17) is 32.5 Å². The van der Waals surface area contributed by atoms with Gasteiger partial charge in [-0.2, -0.15) is 23.1 Å². The molecule has 204 valence electrons. The number of benzene rings is 1. The summed E-state index contributed by atoms with van der Waals surface area (Å²) in [5.41, 5.74) is 9.34. The molecule has 4 heterocycles. The zero-order chi connectivity index (χ0) is 28.2. The first-order chi connectivity index (χ1) is 18.4. The normalized spacial score (nSPS) is 14.2. The molecule has 0 saturated heterocycles. The maximum atomic E-state index is 16.3. The van der Waals surface area contributed by atoms with Gasteiger partial charge in [-0.05, 0) is 31.5 Å². The third-order valence-corrected chi connectivity index (χ3v) is 6.88. The van der Waals surface area contributed by atoms with Crippen LogP contribution in [0.15, 0.2) is 24.4 Å². The summed E-state index contributed by atoms with van der Waals surface area (Å²) in [6, 6.07) is 3.92. The molecule has 1 aliphatic rings. The van der Waals surface area contributed by atoms with E-state index in [9.17, 15) is 13.2 Å². The predicted molar refractivity (Wildman–Crippen MR) is 138 cm³/mol. The van der Waals surface area contributed by atoms with Gasteiger partial charge in [0, 0.05) is 11.8 Å². The molecule has 0 radical (unpaired) electrons. The van der Waals surface area contributed by atoms with E-state index in [2.05, 4.69) is 19.9 Å². The van der Waals surface area contributed by atoms with Crippen molar-refractivity contribution in [1.82, 2.24) is 19.9 Å². The summed E-state index contributed by atoms with van der Waals surface area (Å²) in [5, 5.41) is -0.364. The van der Waals surface area contributed by atoms with E-state index in [-0.39, 0.29) is 58.8 Å². The number of ether oxygens (including phenoxy) is 2. The molecule has 5 rings (SSSR count). The summed E-state index contributed by atoms with van der Waals surface area (Å²) in [6.45, 7) is 3.31. The average Bonchev–Trinajstić information content (AvgIpc) is 3.06. The molecule has 9 nitrogen and oxygen atoms in total. The monoisotopic (exact) mass is 563 g/mol. The van der Waals surface area contributed by atoms with Crippen molar-refractivity contribution < 1.29 is 27.0 Å². The van der Waals surface area contributed by atoms with Gasteiger partial charge in [-0.15, -0.1) is 0 Å². The smallest absolute Gasteiger partial charge is 0.418 e. The van der Waals surface area contributed by atoms with Crippen molar-refractivity contribution in [1.29, 1.82) is 0 Å². The standard InChI is InChI=1S/C25H22ClF4N7O2/c1-10-9-13(31)34-19(16(10)25(28,29)30)14-17(26)21-15-20(18(14)27)35-24(38-3)36-23(15)37(7-8-39-21)11(2)12-5-4-6-33-22(12)32/h4-6,9,11H,7-8H2,1-3H3,(H2,31,34)(H2,32,33)/t11-/m1/s1. The second-order valence-electron chi connectivity index (χ2n) is 8.87. The molecule has 1 aromatic carbocycles. The van der Waals surface area contributed by atoms with Crippen molar-refractivity contribution in [2.75, 3.05) is 36.6 Å². The molecule has 1 aliphatic heterocycles. The fourth-order valence-corrected chi connectivity index (χ4v) is 5.12. The zero-order valence-corrected chi connectivity index (χ0v) is 21.7. The van der Waals surface area contributed by atoms with Crippen LogP contribution in [0.4, 0.5) is 35.0 Å². The number of methoxy groups -OCH3 is 1. The number of nitrogen functional groups attached to an aromatic ring is 2. The first-order valence-corrected chi connectivity index (χ1v) is 12.0. The SMILES string of the molecule is COc1nc2c3c(c(Cl)c(-c4nc(N)cc(C)c4C(F)(F)F)c(F)c3n1)OCCN2[C@H](C)c1cccnc1N. The molecule has 3 aromatic heterocycles. The van der Waals surface area contributed by atoms with Crippen LogP contribution in [0, 0.1) is 12.7 Å². The van der Waals surface area contributed by atoms with Crippen LogP contribution >= 0.6 is 11.6 Å². The highest BCUT2D eigenvalue weighted by molar-refractivity contribution is 6.36. The molecule has 0 spiro atoms. The zero-order valence-electron chi connectivity index (χ0n) is 20.9. The van der Waals surface area contributed by atoms with Gasteiger partial charge in [0.15, 0.2) is 11.6 Å². The first-order valence-electron chi connectivity index (χ1n) is 11.6. The number of hydrogen-bond acceptors (Lipinski definition) is 9. The van der Waals surface area contributed by atoms with Gasteiger partial charge in [0.2, 0.25) is 0 Å². The van der Waals surface area contributed by atoms with Crippen LogP contribution in [0.2, 0.25) is 5.02 Å². The largest absolute Gasteiger partial charge is 0.489 e. The summed E-state index contributed by atoms with van der Waals surface area (Å²) in [4.78, 5) is 18.3. The lowest BCUT2D eigenvalue weighted by molar-refractivity contribution is -0.137. The van der Waals surface area contributed by atoms with Crippen molar-refractivity contribution in [3.8, 4) is 23.0 Å². The molecule has 0 saturated carbocycles. The minimum atomic E-state index is -4.88. The van der Waals surface area contributed by atoms with E-state index in [1.165, 1.54) is 14.0 Å². The number of nitrogens with zero attached hydrogens (tertiary/aromatic N) is 5. The topological polar surface area (TPSA) is 125 Å². The maximum absolute atomic E-state index is 16.3. The molecule has 4 N–H and O–H groups in total. The van der Waals surface area contributed by atoms with Crippen LogP contribution in [-0.2, 0) is 6.18 Å². The van der Waals surface area contributed by atoms with Crippen LogP contribution in [0.1, 0.15) is 29.7 Å². The average molecular weight is 564 g/mol. The number of pyridine rings is 2. The Morgan fingerprint density at radius 2 is 1.95 bits per heavy atom. The van der Waals surface area contributed by atoms with Crippen LogP contribution in [0.3, 0.4) is 0 Å². The molecule has 39 heavy (non-hydrogen) atoms. The highest BCUT2D eigenvalue weighted by Crippen LogP contribution is 2.50. The summed E-state index contributed by atoms with van der Waals surface area (Å²) in [5.74, 6) is -1.02. The molecule has 0 bridgehead atoms. The molecule has 0 aliphatic carbocycles. The summed E-state index contributed by atoms with van der Waals surface area (Å²) in [7, 11) is 1.29. The van der Waals surface area contributed by atoms with Gasteiger partial charge < -0.3 is 25.8 Å². The van der Waals surface area contributed by atoms with Crippen molar-refractivity contribution in [3.05, 3.63) is 51.9 Å². The van der Waals surface area contributed by atoms with Crippen LogP contribution in [0.25, 0.3) is 22.2 Å². The van der Waals surface area contributed by atoms with Crippen molar-refractivity contribution >= 4 is 40.0 Å². The highest BCUT2D eigenvalue weighted by atomic mass is 35.5. The third kappa shape index (κ3) is 4.36. The molecule has 0 fully saturated rings. The number of anilines is 3. The van der Waals surface area contributed by atoms with E-state index >= 15 is 4.39 Å². The first kappa shape index (κ1) is 26.5. The minimum Gasteiger partial charge on any atom is -0.489 e. The van der Waals surface area contributed by atoms with Gasteiger partial charge >= 0.3 is 12.2 Å². The van der Waals surface area contributed by atoms with Gasteiger partial charge in [-0.1, -0.05) is 17.7 Å². The lowest BCUT2D eigenvalue weighted by atomic mass is 9.98. The number of aromatic nitrogens is 4. The minimum absolute atomic E-state index is 0.0264. The number of halogens is 5. The van der Waals surface area contributed by atoms with Crippen LogP contribution in [0.5, 0.6) is 11.8 Å². The highest BCUT2D eigenvalue weighted by Gasteiger charge is 2.40. The quantitative estimate of drug-likeness (QED) is 0.316. The van der Waals surface area contributed by atoms with Crippen molar-refractivity contribution in [3.63, 3.8) is 0 Å². The van der Waals surface area contributed by atoms with Crippen molar-refractivity contribution in [2.45, 2.75) is 26.1 Å². The van der Waals surface area contributed by atoms with Gasteiger partial charge in [-0.3, -0.25) is 0 Å². The number of nitrogens with two attached hydrogens (primary N) is 2. The van der Waals surface area contributed by atoms with E-state index in [1.807, 2.05) is 6.92 Å². The van der Waals surface area contributed by atoms with E-state index in [0.29, 0.717) is 5.56 Å². The predicted octanol–water partition coefficient (Wildman–Crippen LogP) is 5.34. The fourth-order valence-electron chi connectivity index (χ4n) is 4.79. The Morgan fingerprint density at radius 1 is 1.21 bits per heavy atom. The molecule has 0 amide bonds. The Bertz CT molecular complexity index is 1620. The third-order valence-electron chi connectivity index (χ3n) is 6.52. The Kier molecular flexibility index (Phi) is 6.49. The van der Waals surface area contributed by atoms with Crippen LogP contribution in [-0.4, -0.2) is 40.2 Å². The Morgan fingerprint density at radius 3 is 2.62 bits per heavy atom. The summed E-state index contributed by atoms with van der Waals surface area (Å²) in [6.07, 6.45) is -3.33. The molecular weight excluding hydrogens is 542 g/mol. The number of aryl methyl sites for hydroxylation is 1. The second-order valence-corrected chi connectivity index (χ2v) is 9.25. The summed E-state index contributed by atoms with van der Waals surface area (Å²) >= 11 is 6.63. The second kappa shape index (κ2) is 9.56. The van der Waals surface area contributed by atoms with E-state index in [1.54, 1.807) is 23.2 Å². The number of alkyl halides is 3. The Labute approximate surface area is 224 Å². The molecular formula is C25H22ClF4N7O2. The molecule has 4 aromatic rings. The fraction of sp³-hybridized carbons (Fsp3) is 0.280. The lowest BCUT2D eigenvalue weighted by Gasteiger charge is -2.30. The number of hydrogen-bond donors (Lipinski definition) is 2. The van der Waals surface area contributed by atoms with Gasteiger partial charge in [-0.25, -0.2) is 14.4 Å².